The van der Waals surface area contributed by atoms with Crippen molar-refractivity contribution in [3.63, 3.8) is 0 Å². The van der Waals surface area contributed by atoms with Crippen LogP contribution in [0.4, 0.5) is 4.39 Å². The first-order chi connectivity index (χ1) is 6.18. The first-order valence-electron chi connectivity index (χ1n) is 3.98. The van der Waals surface area contributed by atoms with Gasteiger partial charge in [-0.2, -0.15) is 0 Å². The summed E-state index contributed by atoms with van der Waals surface area (Å²) in [7, 11) is 0. The molecule has 0 fully saturated rings. The van der Waals surface area contributed by atoms with Crippen LogP contribution in [0.1, 0.15) is 5.56 Å². The zero-order valence-corrected chi connectivity index (χ0v) is 7.20. The molecule has 0 atom stereocenters. The molecule has 0 aliphatic carbocycles. The van der Waals surface area contributed by atoms with Crippen LogP contribution in [-0.4, -0.2) is 12.5 Å². The Morgan fingerprint density at radius 2 is 1.85 bits per heavy atom. The first kappa shape index (κ1) is 9.51. The number of nitrogens with zero attached hydrogens (tertiary/aromatic N) is 1. The zero-order chi connectivity index (χ0) is 9.68. The summed E-state index contributed by atoms with van der Waals surface area (Å²) in [6.07, 6.45) is 0.720. The van der Waals surface area contributed by atoms with E-state index >= 15 is 0 Å². The summed E-state index contributed by atoms with van der Waals surface area (Å²) < 4.78 is 12.5. The molecular formula is C9H12FN3. The zero-order valence-electron chi connectivity index (χ0n) is 7.20. The molecular weight excluding hydrogens is 168 g/mol. The highest BCUT2D eigenvalue weighted by Gasteiger charge is 1.92. The van der Waals surface area contributed by atoms with Crippen molar-refractivity contribution in [3.05, 3.63) is 35.6 Å². The van der Waals surface area contributed by atoms with Crippen molar-refractivity contribution < 1.29 is 4.39 Å². The molecule has 0 bridgehead atoms. The van der Waals surface area contributed by atoms with E-state index in [4.69, 9.17) is 11.5 Å². The van der Waals surface area contributed by atoms with Gasteiger partial charge in [0.1, 0.15) is 5.82 Å². The van der Waals surface area contributed by atoms with Gasteiger partial charge in [-0.05, 0) is 24.1 Å². The second-order valence-electron chi connectivity index (χ2n) is 2.68. The summed E-state index contributed by atoms with van der Waals surface area (Å²) in [6, 6.07) is 6.28. The van der Waals surface area contributed by atoms with E-state index in [9.17, 15) is 4.39 Å². The summed E-state index contributed by atoms with van der Waals surface area (Å²) >= 11 is 0. The van der Waals surface area contributed by atoms with Crippen LogP contribution in [0.2, 0.25) is 0 Å². The highest BCUT2D eigenvalue weighted by atomic mass is 19.1. The van der Waals surface area contributed by atoms with Crippen molar-refractivity contribution in [3.8, 4) is 0 Å². The van der Waals surface area contributed by atoms with Crippen LogP contribution in [0.3, 0.4) is 0 Å². The van der Waals surface area contributed by atoms with Crippen molar-refractivity contribution in [2.24, 2.45) is 16.5 Å². The minimum absolute atomic E-state index is 0.0853. The Balaban J connectivity index is 2.46. The third-order valence-corrected chi connectivity index (χ3v) is 1.61. The Bertz CT molecular complexity index is 288. The maximum absolute atomic E-state index is 12.5. The van der Waals surface area contributed by atoms with Gasteiger partial charge in [0.25, 0.3) is 0 Å². The fourth-order valence-electron chi connectivity index (χ4n) is 0.965. The summed E-state index contributed by atoms with van der Waals surface area (Å²) in [5.41, 5.74) is 11.3. The predicted molar refractivity (Wildman–Crippen MR) is 50.8 cm³/mol. The normalized spacial score (nSPS) is 9.62. The van der Waals surface area contributed by atoms with Crippen LogP contribution in [0.25, 0.3) is 0 Å². The Hall–Kier alpha value is -1.58. The topological polar surface area (TPSA) is 64.4 Å². The number of nitrogens with two attached hydrogens (primary N) is 2. The Kier molecular flexibility index (Phi) is 3.25. The average molecular weight is 180 g/mol. The first-order valence-corrected chi connectivity index (χ1v) is 3.98. The molecule has 0 aromatic heterocycles. The van der Waals surface area contributed by atoms with Crippen molar-refractivity contribution in [1.29, 1.82) is 0 Å². The van der Waals surface area contributed by atoms with Gasteiger partial charge >= 0.3 is 0 Å². The largest absolute Gasteiger partial charge is 0.370 e. The minimum atomic E-state index is -0.231. The standard InChI is InChI=1S/C9H12FN3/c10-8-3-1-7(2-4-8)5-6-13-9(11)12/h1-4H,5-6H2,(H4,11,12,13)/i9-1. The third-order valence-electron chi connectivity index (χ3n) is 1.61. The molecule has 1 rings (SSSR count). The van der Waals surface area contributed by atoms with E-state index in [1.54, 1.807) is 12.1 Å². The fourth-order valence-corrected chi connectivity index (χ4v) is 0.965. The SMILES string of the molecule is N[11C](N)=NCCc1ccc(F)cc1. The molecule has 0 unspecified atom stereocenters. The van der Waals surface area contributed by atoms with Crippen LogP contribution in [0.5, 0.6) is 0 Å². The molecule has 0 saturated carbocycles. The summed E-state index contributed by atoms with van der Waals surface area (Å²) in [5, 5.41) is 0. The van der Waals surface area contributed by atoms with Gasteiger partial charge in [0, 0.05) is 6.54 Å². The number of rotatable bonds is 3. The van der Waals surface area contributed by atoms with Gasteiger partial charge in [-0.15, -0.1) is 0 Å². The van der Waals surface area contributed by atoms with E-state index in [0.717, 1.165) is 12.0 Å². The van der Waals surface area contributed by atoms with Crippen molar-refractivity contribution >= 4 is 5.96 Å². The number of hydrogen-bond donors (Lipinski definition) is 2. The van der Waals surface area contributed by atoms with Gasteiger partial charge in [-0.3, -0.25) is 4.99 Å². The van der Waals surface area contributed by atoms with Gasteiger partial charge in [0.05, 0.1) is 0 Å². The van der Waals surface area contributed by atoms with E-state index in [-0.39, 0.29) is 11.8 Å². The molecule has 13 heavy (non-hydrogen) atoms. The molecule has 3 nitrogen and oxygen atoms in total. The Morgan fingerprint density at radius 3 is 2.38 bits per heavy atom. The Labute approximate surface area is 76.3 Å². The van der Waals surface area contributed by atoms with E-state index in [0.29, 0.717) is 6.54 Å². The lowest BCUT2D eigenvalue weighted by atomic mass is 10.1. The summed E-state index contributed by atoms with van der Waals surface area (Å²) in [6.45, 7) is 0.536. The molecule has 0 radical (unpaired) electrons. The molecule has 0 aliphatic rings. The lowest BCUT2D eigenvalue weighted by Gasteiger charge is -1.97. The second-order valence-corrected chi connectivity index (χ2v) is 2.68. The summed E-state index contributed by atoms with van der Waals surface area (Å²) in [5.74, 6) is -0.146. The van der Waals surface area contributed by atoms with Gasteiger partial charge < -0.3 is 11.5 Å². The van der Waals surface area contributed by atoms with E-state index < -0.39 is 0 Å². The van der Waals surface area contributed by atoms with E-state index in [2.05, 4.69) is 4.99 Å². The minimum Gasteiger partial charge on any atom is -0.370 e. The molecule has 4 N–H and O–H groups in total. The lowest BCUT2D eigenvalue weighted by molar-refractivity contribution is 0.627. The highest BCUT2D eigenvalue weighted by molar-refractivity contribution is 5.75. The van der Waals surface area contributed by atoms with Crippen LogP contribution < -0.4 is 11.5 Å². The molecule has 4 heteroatoms. The Morgan fingerprint density at radius 1 is 1.23 bits per heavy atom. The van der Waals surface area contributed by atoms with Gasteiger partial charge in [-0.1, -0.05) is 12.1 Å². The van der Waals surface area contributed by atoms with Gasteiger partial charge in [0.15, 0.2) is 5.96 Å². The van der Waals surface area contributed by atoms with Crippen LogP contribution in [0, 0.1) is 5.82 Å². The van der Waals surface area contributed by atoms with E-state index in [1.165, 1.54) is 12.1 Å². The number of benzene rings is 1. The maximum atomic E-state index is 12.5. The van der Waals surface area contributed by atoms with Crippen molar-refractivity contribution in [2.45, 2.75) is 6.42 Å². The van der Waals surface area contributed by atoms with Crippen LogP contribution in [-0.2, 0) is 6.42 Å². The quantitative estimate of drug-likeness (QED) is 0.529. The van der Waals surface area contributed by atoms with Crippen molar-refractivity contribution in [1.82, 2.24) is 0 Å². The molecule has 1 aromatic carbocycles. The van der Waals surface area contributed by atoms with Crippen LogP contribution >= 0.6 is 0 Å². The van der Waals surface area contributed by atoms with E-state index in [1.807, 2.05) is 0 Å². The third kappa shape index (κ3) is 3.55. The maximum Gasteiger partial charge on any atom is 0.185 e. The molecule has 1 aromatic rings. The number of guanidine groups is 1. The van der Waals surface area contributed by atoms with Gasteiger partial charge in [-0.25, -0.2) is 4.39 Å². The molecule has 70 valence electrons. The fraction of sp³-hybridized carbons (Fsp3) is 0.222. The molecule has 0 saturated heterocycles. The molecule has 0 heterocycles. The number of aliphatic imine (C=N–C) groups is 1. The van der Waals surface area contributed by atoms with Gasteiger partial charge in [0.2, 0.25) is 0 Å². The monoisotopic (exact) mass is 180 g/mol. The summed E-state index contributed by atoms with van der Waals surface area (Å²) in [4.78, 5) is 3.82. The molecule has 0 amide bonds. The lowest BCUT2D eigenvalue weighted by Crippen LogP contribution is -2.23. The van der Waals surface area contributed by atoms with Crippen LogP contribution in [0.15, 0.2) is 29.3 Å². The van der Waals surface area contributed by atoms with Crippen molar-refractivity contribution in [2.75, 3.05) is 6.54 Å². The number of hydrogen-bond acceptors (Lipinski definition) is 1. The number of halogens is 1. The highest BCUT2D eigenvalue weighted by Crippen LogP contribution is 2.03. The second kappa shape index (κ2) is 4.45. The predicted octanol–water partition coefficient (Wildman–Crippen LogP) is 0.642. The average Bonchev–Trinajstić information content (AvgIpc) is 2.08. The molecule has 0 aliphatic heterocycles. The molecule has 0 spiro atoms. The smallest absolute Gasteiger partial charge is 0.185 e.